The van der Waals surface area contributed by atoms with Gasteiger partial charge in [-0.25, -0.2) is 0 Å². The van der Waals surface area contributed by atoms with Crippen LogP contribution in [0.5, 0.6) is 0 Å². The largest absolute Gasteiger partial charge is 0.298 e. The van der Waals surface area contributed by atoms with Crippen LogP contribution < -0.4 is 0 Å². The van der Waals surface area contributed by atoms with Gasteiger partial charge in [0.25, 0.3) is 0 Å². The molecule has 102 valence electrons. The van der Waals surface area contributed by atoms with Crippen LogP contribution in [0, 0.1) is 0 Å². The number of carbonyl (C=O) groups excluding carboxylic acids is 1. The third-order valence-corrected chi connectivity index (χ3v) is 4.49. The molecule has 0 N–H and O–H groups in total. The van der Waals surface area contributed by atoms with Crippen LogP contribution in [0.4, 0.5) is 0 Å². The quantitative estimate of drug-likeness (QED) is 0.827. The highest BCUT2D eigenvalue weighted by molar-refractivity contribution is 5.81. The van der Waals surface area contributed by atoms with E-state index in [0.717, 1.165) is 26.2 Å². The highest BCUT2D eigenvalue weighted by atomic mass is 16.1. The van der Waals surface area contributed by atoms with Gasteiger partial charge in [-0.15, -0.1) is 0 Å². The molecule has 0 saturated carbocycles. The van der Waals surface area contributed by atoms with Crippen molar-refractivity contribution in [2.45, 2.75) is 38.4 Å². The van der Waals surface area contributed by atoms with Crippen molar-refractivity contribution < 1.29 is 4.79 Å². The van der Waals surface area contributed by atoms with Crippen molar-refractivity contribution in [3.8, 4) is 0 Å². The molecule has 2 heterocycles. The summed E-state index contributed by atoms with van der Waals surface area (Å²) in [5.41, 5.74) is 1.35. The van der Waals surface area contributed by atoms with Gasteiger partial charge in [-0.3, -0.25) is 14.6 Å². The number of benzene rings is 1. The minimum Gasteiger partial charge on any atom is -0.298 e. The van der Waals surface area contributed by atoms with Crippen molar-refractivity contribution in [2.24, 2.45) is 0 Å². The third-order valence-electron chi connectivity index (χ3n) is 4.49. The molecule has 3 rings (SSSR count). The van der Waals surface area contributed by atoms with Crippen LogP contribution in [0.25, 0.3) is 0 Å². The van der Waals surface area contributed by atoms with E-state index in [-0.39, 0.29) is 6.04 Å². The lowest BCUT2D eigenvalue weighted by atomic mass is 9.95. The van der Waals surface area contributed by atoms with Gasteiger partial charge in [-0.05, 0) is 31.9 Å². The molecule has 1 aromatic carbocycles. The third kappa shape index (κ3) is 2.72. The van der Waals surface area contributed by atoms with Gasteiger partial charge in [0.05, 0.1) is 6.04 Å². The van der Waals surface area contributed by atoms with Crippen molar-refractivity contribution in [1.82, 2.24) is 9.80 Å². The Morgan fingerprint density at radius 2 is 2.05 bits per heavy atom. The Balaban J connectivity index is 1.75. The van der Waals surface area contributed by atoms with Gasteiger partial charge in [0.2, 0.25) is 0 Å². The lowest BCUT2D eigenvalue weighted by Gasteiger charge is -2.49. The number of fused-ring (bicyclic) bond motifs is 2. The van der Waals surface area contributed by atoms with Crippen LogP contribution in [0.2, 0.25) is 0 Å². The fourth-order valence-corrected chi connectivity index (χ4v) is 3.45. The summed E-state index contributed by atoms with van der Waals surface area (Å²) in [6.07, 6.45) is 2.49. The molecule has 2 saturated heterocycles. The van der Waals surface area contributed by atoms with E-state index in [1.165, 1.54) is 18.4 Å². The number of hydrogen-bond acceptors (Lipinski definition) is 3. The summed E-state index contributed by atoms with van der Waals surface area (Å²) < 4.78 is 0. The lowest BCUT2D eigenvalue weighted by Crippen LogP contribution is -2.62. The number of piperidine rings is 1. The fourth-order valence-electron chi connectivity index (χ4n) is 3.45. The lowest BCUT2D eigenvalue weighted by molar-refractivity contribution is -0.127. The molecule has 2 aliphatic rings. The van der Waals surface area contributed by atoms with E-state index >= 15 is 0 Å². The van der Waals surface area contributed by atoms with Gasteiger partial charge in [0, 0.05) is 25.7 Å². The van der Waals surface area contributed by atoms with Gasteiger partial charge in [0.15, 0.2) is 0 Å². The van der Waals surface area contributed by atoms with E-state index < -0.39 is 0 Å². The zero-order valence-electron chi connectivity index (χ0n) is 11.6. The Kier molecular flexibility index (Phi) is 3.67. The number of carbonyl (C=O) groups is 1. The topological polar surface area (TPSA) is 23.6 Å². The number of piperazine rings is 1. The number of ketones is 1. The van der Waals surface area contributed by atoms with Crippen LogP contribution in [-0.2, 0) is 11.3 Å². The molecule has 2 fully saturated rings. The van der Waals surface area contributed by atoms with E-state index in [1.807, 2.05) is 0 Å². The maximum Gasteiger partial charge on any atom is 0.148 e. The summed E-state index contributed by atoms with van der Waals surface area (Å²) in [7, 11) is 0. The van der Waals surface area contributed by atoms with Gasteiger partial charge >= 0.3 is 0 Å². The summed E-state index contributed by atoms with van der Waals surface area (Å²) in [6, 6.07) is 11.3. The Labute approximate surface area is 115 Å². The molecule has 0 radical (unpaired) electrons. The monoisotopic (exact) mass is 258 g/mol. The Morgan fingerprint density at radius 3 is 2.79 bits per heavy atom. The molecule has 0 aliphatic carbocycles. The van der Waals surface area contributed by atoms with Crippen molar-refractivity contribution in [2.75, 3.05) is 19.6 Å². The minimum absolute atomic E-state index is 0.111. The first-order valence-electron chi connectivity index (χ1n) is 7.26. The van der Waals surface area contributed by atoms with Crippen molar-refractivity contribution >= 4 is 5.78 Å². The highest BCUT2D eigenvalue weighted by Gasteiger charge is 2.37. The normalized spacial score (nSPS) is 31.1. The highest BCUT2D eigenvalue weighted by Crippen LogP contribution is 2.26. The van der Waals surface area contributed by atoms with E-state index in [4.69, 9.17) is 0 Å². The zero-order chi connectivity index (χ0) is 13.2. The summed E-state index contributed by atoms with van der Waals surface area (Å²) in [6.45, 7) is 5.77. The van der Waals surface area contributed by atoms with Crippen LogP contribution in [0.1, 0.15) is 25.3 Å². The van der Waals surface area contributed by atoms with Gasteiger partial charge in [0.1, 0.15) is 5.78 Å². The second kappa shape index (κ2) is 5.43. The van der Waals surface area contributed by atoms with Crippen LogP contribution in [-0.4, -0.2) is 47.3 Å². The minimum atomic E-state index is 0.111. The number of Topliss-reactive ketones (excluding diaryl/α,β-unsaturated/α-hetero) is 1. The van der Waals surface area contributed by atoms with E-state index in [2.05, 4.69) is 40.1 Å². The first-order valence-corrected chi connectivity index (χ1v) is 7.26. The van der Waals surface area contributed by atoms with Crippen molar-refractivity contribution in [3.63, 3.8) is 0 Å². The molecule has 2 aliphatic heterocycles. The average Bonchev–Trinajstić information content (AvgIpc) is 2.43. The van der Waals surface area contributed by atoms with E-state index in [0.29, 0.717) is 11.8 Å². The average molecular weight is 258 g/mol. The molecule has 3 unspecified atom stereocenters. The van der Waals surface area contributed by atoms with Crippen molar-refractivity contribution in [1.29, 1.82) is 0 Å². The van der Waals surface area contributed by atoms with Crippen molar-refractivity contribution in [3.05, 3.63) is 35.9 Å². The molecule has 3 nitrogen and oxygen atoms in total. The molecule has 1 aromatic rings. The molecular formula is C16H22N2O. The first-order chi connectivity index (χ1) is 9.24. The van der Waals surface area contributed by atoms with Gasteiger partial charge in [-0.2, -0.15) is 0 Å². The molecule has 3 heteroatoms. The Bertz CT molecular complexity index is 445. The molecule has 19 heavy (non-hydrogen) atoms. The molecule has 2 bridgehead atoms. The molecule has 0 aromatic heterocycles. The maximum atomic E-state index is 11.8. The summed E-state index contributed by atoms with van der Waals surface area (Å²) in [4.78, 5) is 16.7. The smallest absolute Gasteiger partial charge is 0.148 e. The molecule has 3 atom stereocenters. The SMILES string of the molecule is CC(=O)C1CN(Cc2ccccc2)C2CCCN1C2. The molecule has 0 spiro atoms. The number of rotatable bonds is 3. The maximum absolute atomic E-state index is 11.8. The van der Waals surface area contributed by atoms with Gasteiger partial charge in [-0.1, -0.05) is 30.3 Å². The van der Waals surface area contributed by atoms with Gasteiger partial charge < -0.3 is 0 Å². The van der Waals surface area contributed by atoms with Crippen LogP contribution in [0.3, 0.4) is 0 Å². The zero-order valence-corrected chi connectivity index (χ0v) is 11.6. The van der Waals surface area contributed by atoms with E-state index in [1.54, 1.807) is 6.92 Å². The number of nitrogens with zero attached hydrogens (tertiary/aromatic N) is 2. The fraction of sp³-hybridized carbons (Fsp3) is 0.562. The molecular weight excluding hydrogens is 236 g/mol. The molecule has 0 amide bonds. The summed E-state index contributed by atoms with van der Waals surface area (Å²) in [5.74, 6) is 0.318. The van der Waals surface area contributed by atoms with Crippen LogP contribution in [0.15, 0.2) is 30.3 Å². The Hall–Kier alpha value is -1.19. The summed E-state index contributed by atoms with van der Waals surface area (Å²) in [5, 5.41) is 0. The van der Waals surface area contributed by atoms with Crippen LogP contribution >= 0.6 is 0 Å². The Morgan fingerprint density at radius 1 is 1.26 bits per heavy atom. The second-order valence-electron chi connectivity index (χ2n) is 5.83. The standard InChI is InChI=1S/C16H22N2O/c1-13(19)16-12-18(10-14-6-3-2-4-7-14)15-8-5-9-17(16)11-15/h2-4,6-7,15-16H,5,8-12H2,1H3. The number of hydrogen-bond donors (Lipinski definition) is 0. The van der Waals surface area contributed by atoms with E-state index in [9.17, 15) is 4.79 Å². The predicted octanol–water partition coefficient (Wildman–Crippen LogP) is 1.92. The predicted molar refractivity (Wildman–Crippen MR) is 75.9 cm³/mol. The second-order valence-corrected chi connectivity index (χ2v) is 5.83. The first kappa shape index (κ1) is 12.8. The summed E-state index contributed by atoms with van der Waals surface area (Å²) >= 11 is 0.